The molecule has 0 fully saturated rings. The summed E-state index contributed by atoms with van der Waals surface area (Å²) in [6.45, 7) is 7.51. The maximum absolute atomic E-state index is 5.54. The Labute approximate surface area is 95.3 Å². The van der Waals surface area contributed by atoms with Gasteiger partial charge in [-0.1, -0.05) is 14.9 Å². The van der Waals surface area contributed by atoms with E-state index in [1.165, 1.54) is 0 Å². The first-order chi connectivity index (χ1) is 6.06. The highest BCUT2D eigenvalue weighted by atomic mass is 16.5. The van der Waals surface area contributed by atoms with E-state index in [-0.39, 0.29) is 33.1 Å². The molecule has 0 rings (SSSR count). The summed E-state index contributed by atoms with van der Waals surface area (Å²) in [4.78, 5) is 0. The number of nitrogens with two attached hydrogens (primary N) is 2. The minimum Gasteiger partial charge on any atom is -0.375 e. The lowest BCUT2D eigenvalue weighted by molar-refractivity contribution is -0.0312. The first kappa shape index (κ1) is 20.3. The molecule has 0 saturated heterocycles. The van der Waals surface area contributed by atoms with Crippen LogP contribution in [0.3, 0.4) is 0 Å². The summed E-state index contributed by atoms with van der Waals surface area (Å²) in [5.74, 6) is 0. The van der Waals surface area contributed by atoms with E-state index in [2.05, 4.69) is 0 Å². The van der Waals surface area contributed by atoms with Crippen molar-refractivity contribution in [3.8, 4) is 0 Å². The van der Waals surface area contributed by atoms with Crippen molar-refractivity contribution >= 4 is 0 Å². The summed E-state index contributed by atoms with van der Waals surface area (Å²) in [6, 6.07) is 0.0781. The fourth-order valence-electron chi connectivity index (χ4n) is 0.732. The minimum absolute atomic E-state index is 0. The molecule has 0 bridgehead atoms. The van der Waals surface area contributed by atoms with E-state index < -0.39 is 0 Å². The molecule has 96 valence electrons. The molecule has 0 heterocycles. The van der Waals surface area contributed by atoms with Gasteiger partial charge >= 0.3 is 0 Å². The highest BCUT2D eigenvalue weighted by Crippen LogP contribution is 1.96. The summed E-state index contributed by atoms with van der Waals surface area (Å²) in [6.07, 6.45) is 0.182. The Morgan fingerprint density at radius 2 is 1.40 bits per heavy atom. The molecule has 0 spiro atoms. The zero-order valence-electron chi connectivity index (χ0n) is 8.82. The van der Waals surface area contributed by atoms with Crippen LogP contribution in [-0.2, 0) is 9.47 Å². The van der Waals surface area contributed by atoms with Crippen molar-refractivity contribution in [2.75, 3.05) is 19.8 Å². The molecular formula is C11H30N2O2. The smallest absolute Gasteiger partial charge is 0.0781 e. The third kappa shape index (κ3) is 13.8. The van der Waals surface area contributed by atoms with Gasteiger partial charge in [-0.3, -0.25) is 0 Å². The zero-order valence-corrected chi connectivity index (χ0v) is 8.82. The van der Waals surface area contributed by atoms with Gasteiger partial charge in [0.25, 0.3) is 0 Å². The first-order valence-corrected chi connectivity index (χ1v) is 4.75. The van der Waals surface area contributed by atoms with Gasteiger partial charge in [0.05, 0.1) is 25.4 Å². The fraction of sp³-hybridized carbons (Fsp3) is 1.00. The van der Waals surface area contributed by atoms with Gasteiger partial charge in [0.1, 0.15) is 0 Å². The van der Waals surface area contributed by atoms with Crippen molar-refractivity contribution in [3.63, 3.8) is 0 Å². The first-order valence-electron chi connectivity index (χ1n) is 4.75. The molecule has 4 heteroatoms. The average Bonchev–Trinajstić information content (AvgIpc) is 2.10. The Morgan fingerprint density at radius 3 is 1.80 bits per heavy atom. The predicted octanol–water partition coefficient (Wildman–Crippen LogP) is 1.37. The molecule has 3 unspecified atom stereocenters. The van der Waals surface area contributed by atoms with E-state index in [9.17, 15) is 0 Å². The second-order valence-electron chi connectivity index (χ2n) is 3.50. The third-order valence-electron chi connectivity index (χ3n) is 1.59. The molecule has 4 N–H and O–H groups in total. The SMILES string of the molecule is C.C.CC(N)COC(C)COC(C)CN. The lowest BCUT2D eigenvalue weighted by Crippen LogP contribution is -2.29. The quantitative estimate of drug-likeness (QED) is 0.682. The van der Waals surface area contributed by atoms with Crippen molar-refractivity contribution in [1.29, 1.82) is 0 Å². The largest absolute Gasteiger partial charge is 0.375 e. The van der Waals surface area contributed by atoms with Crippen LogP contribution in [0.4, 0.5) is 0 Å². The molecule has 0 saturated carbocycles. The van der Waals surface area contributed by atoms with Crippen LogP contribution >= 0.6 is 0 Å². The van der Waals surface area contributed by atoms with Crippen molar-refractivity contribution < 1.29 is 9.47 Å². The molecule has 0 aliphatic carbocycles. The van der Waals surface area contributed by atoms with Crippen LogP contribution in [0.25, 0.3) is 0 Å². The van der Waals surface area contributed by atoms with Gasteiger partial charge in [-0.05, 0) is 20.8 Å². The second-order valence-corrected chi connectivity index (χ2v) is 3.50. The van der Waals surface area contributed by atoms with Crippen LogP contribution in [0, 0.1) is 0 Å². The number of ether oxygens (including phenoxy) is 2. The number of hydrogen-bond acceptors (Lipinski definition) is 4. The summed E-state index contributed by atoms with van der Waals surface area (Å²) < 4.78 is 10.8. The molecule has 3 atom stereocenters. The molecule has 0 aromatic heterocycles. The Kier molecular flexibility index (Phi) is 16.1. The lowest BCUT2D eigenvalue weighted by atomic mass is 10.3. The van der Waals surface area contributed by atoms with E-state index in [1.807, 2.05) is 20.8 Å². The van der Waals surface area contributed by atoms with E-state index >= 15 is 0 Å². The number of rotatable bonds is 7. The molecule has 0 aromatic rings. The number of hydrogen-bond donors (Lipinski definition) is 2. The van der Waals surface area contributed by atoms with Crippen molar-refractivity contribution in [3.05, 3.63) is 0 Å². The van der Waals surface area contributed by atoms with Gasteiger partial charge < -0.3 is 20.9 Å². The van der Waals surface area contributed by atoms with Crippen LogP contribution in [0.5, 0.6) is 0 Å². The maximum atomic E-state index is 5.54. The van der Waals surface area contributed by atoms with E-state index in [4.69, 9.17) is 20.9 Å². The van der Waals surface area contributed by atoms with Crippen LogP contribution in [-0.4, -0.2) is 38.0 Å². The van der Waals surface area contributed by atoms with Crippen molar-refractivity contribution in [1.82, 2.24) is 0 Å². The van der Waals surface area contributed by atoms with Crippen LogP contribution in [0.15, 0.2) is 0 Å². The Bertz CT molecular complexity index is 121. The third-order valence-corrected chi connectivity index (χ3v) is 1.59. The summed E-state index contributed by atoms with van der Waals surface area (Å²) in [5.41, 5.74) is 10.9. The molecule has 15 heavy (non-hydrogen) atoms. The lowest BCUT2D eigenvalue weighted by Gasteiger charge is -2.17. The summed E-state index contributed by atoms with van der Waals surface area (Å²) in [7, 11) is 0. The Hall–Kier alpha value is -0.160. The predicted molar refractivity (Wildman–Crippen MR) is 67.0 cm³/mol. The van der Waals surface area contributed by atoms with E-state index in [0.29, 0.717) is 19.8 Å². The summed E-state index contributed by atoms with van der Waals surface area (Å²) in [5, 5.41) is 0. The normalized spacial score (nSPS) is 15.8. The van der Waals surface area contributed by atoms with Gasteiger partial charge in [-0.25, -0.2) is 0 Å². The van der Waals surface area contributed by atoms with Gasteiger partial charge in [-0.15, -0.1) is 0 Å². The second kappa shape index (κ2) is 11.9. The van der Waals surface area contributed by atoms with Gasteiger partial charge in [0.2, 0.25) is 0 Å². The monoisotopic (exact) mass is 222 g/mol. The van der Waals surface area contributed by atoms with Crippen molar-refractivity contribution in [2.45, 2.75) is 53.9 Å². The molecule has 0 aromatic carbocycles. The topological polar surface area (TPSA) is 70.5 Å². The molecule has 0 aliphatic rings. The average molecular weight is 222 g/mol. The van der Waals surface area contributed by atoms with Gasteiger partial charge in [0, 0.05) is 12.6 Å². The summed E-state index contributed by atoms with van der Waals surface area (Å²) >= 11 is 0. The van der Waals surface area contributed by atoms with Gasteiger partial charge in [0.15, 0.2) is 0 Å². The Balaban J connectivity index is -0.000000720. The highest BCUT2D eigenvalue weighted by Gasteiger charge is 2.06. The van der Waals surface area contributed by atoms with Crippen LogP contribution in [0.1, 0.15) is 35.6 Å². The standard InChI is InChI=1S/C9H22N2O2.2CH4/c1-7(11)5-12-9(3)6-13-8(2)4-10;;/h7-9H,4-6,10-11H2,1-3H3;2*1H4. The Morgan fingerprint density at radius 1 is 0.933 bits per heavy atom. The molecular weight excluding hydrogens is 192 g/mol. The minimum atomic E-state index is 0. The molecule has 0 radical (unpaired) electrons. The van der Waals surface area contributed by atoms with Crippen molar-refractivity contribution in [2.24, 2.45) is 11.5 Å². The van der Waals surface area contributed by atoms with Crippen LogP contribution < -0.4 is 11.5 Å². The highest BCUT2D eigenvalue weighted by molar-refractivity contribution is 4.55. The molecule has 4 nitrogen and oxygen atoms in total. The maximum Gasteiger partial charge on any atom is 0.0781 e. The zero-order chi connectivity index (χ0) is 10.3. The van der Waals surface area contributed by atoms with Gasteiger partial charge in [-0.2, -0.15) is 0 Å². The van der Waals surface area contributed by atoms with E-state index in [0.717, 1.165) is 0 Å². The fourth-order valence-corrected chi connectivity index (χ4v) is 0.732. The van der Waals surface area contributed by atoms with E-state index in [1.54, 1.807) is 0 Å². The molecule has 0 amide bonds. The molecule has 0 aliphatic heterocycles. The van der Waals surface area contributed by atoms with Crippen LogP contribution in [0.2, 0.25) is 0 Å².